The largest absolute Gasteiger partial charge is 0.507 e. The number of aromatic nitrogens is 1. The Labute approximate surface area is 112 Å². The fraction of sp³-hybridized carbons (Fsp3) is 0.200. The Hall–Kier alpha value is -2.36. The summed E-state index contributed by atoms with van der Waals surface area (Å²) in [6, 6.07) is 6.88. The highest BCUT2D eigenvalue weighted by atomic mass is 16.3. The molecule has 4 nitrogen and oxygen atoms in total. The summed E-state index contributed by atoms with van der Waals surface area (Å²) in [5.74, 6) is -0.291. The number of carbonyl (C=O) groups excluding carboxylic acids is 1. The van der Waals surface area contributed by atoms with Crippen molar-refractivity contribution in [3.05, 3.63) is 58.9 Å². The zero-order valence-electron chi connectivity index (χ0n) is 11.0. The summed E-state index contributed by atoms with van der Waals surface area (Å²) in [5.41, 5.74) is 3.23. The molecule has 0 aliphatic carbocycles. The second-order valence-corrected chi connectivity index (χ2v) is 4.51. The van der Waals surface area contributed by atoms with Crippen molar-refractivity contribution < 1.29 is 9.90 Å². The van der Waals surface area contributed by atoms with Gasteiger partial charge in [0.05, 0.1) is 5.56 Å². The first-order valence-electron chi connectivity index (χ1n) is 6.05. The maximum absolute atomic E-state index is 12.0. The monoisotopic (exact) mass is 256 g/mol. The molecule has 19 heavy (non-hydrogen) atoms. The Kier molecular flexibility index (Phi) is 3.80. The van der Waals surface area contributed by atoms with E-state index in [0.29, 0.717) is 6.54 Å². The molecule has 2 rings (SSSR count). The van der Waals surface area contributed by atoms with Crippen LogP contribution < -0.4 is 5.32 Å². The molecular formula is C15H16N2O2. The number of nitrogens with one attached hydrogen (secondary N) is 1. The molecule has 98 valence electrons. The molecule has 1 aromatic carbocycles. The van der Waals surface area contributed by atoms with Crippen LogP contribution in [0.2, 0.25) is 0 Å². The van der Waals surface area contributed by atoms with E-state index in [4.69, 9.17) is 0 Å². The van der Waals surface area contributed by atoms with E-state index in [2.05, 4.69) is 10.3 Å². The molecule has 0 saturated heterocycles. The van der Waals surface area contributed by atoms with E-state index < -0.39 is 0 Å². The zero-order valence-corrected chi connectivity index (χ0v) is 11.0. The molecule has 2 aromatic rings. The van der Waals surface area contributed by atoms with Crippen LogP contribution in [0, 0.1) is 13.8 Å². The van der Waals surface area contributed by atoms with E-state index in [-0.39, 0.29) is 17.2 Å². The Morgan fingerprint density at radius 1 is 1.32 bits per heavy atom. The lowest BCUT2D eigenvalue weighted by atomic mass is 10.1. The van der Waals surface area contributed by atoms with Crippen molar-refractivity contribution in [3.8, 4) is 5.75 Å². The molecule has 0 saturated carbocycles. The van der Waals surface area contributed by atoms with Gasteiger partial charge in [-0.1, -0.05) is 6.07 Å². The molecule has 0 spiro atoms. The number of aryl methyl sites for hydroxylation is 2. The van der Waals surface area contributed by atoms with Gasteiger partial charge in [0.1, 0.15) is 5.75 Å². The van der Waals surface area contributed by atoms with Gasteiger partial charge in [0.15, 0.2) is 0 Å². The Balaban J connectivity index is 2.08. The predicted molar refractivity (Wildman–Crippen MR) is 73.0 cm³/mol. The fourth-order valence-corrected chi connectivity index (χ4v) is 1.79. The third-order valence-electron chi connectivity index (χ3n) is 2.98. The Morgan fingerprint density at radius 2 is 2.11 bits per heavy atom. The van der Waals surface area contributed by atoms with E-state index in [1.54, 1.807) is 30.6 Å². The first kappa shape index (κ1) is 13.1. The minimum absolute atomic E-state index is 0.000378. The predicted octanol–water partition coefficient (Wildman–Crippen LogP) is 2.33. The van der Waals surface area contributed by atoms with Gasteiger partial charge in [-0.25, -0.2) is 0 Å². The molecule has 2 N–H and O–H groups in total. The standard InChI is InChI=1S/C15H16N2O2/c1-10-3-4-13(14(18)7-10)15(19)17-9-12-8-16-6-5-11(12)2/h3-8,18H,9H2,1-2H3,(H,17,19). The summed E-state index contributed by atoms with van der Waals surface area (Å²) in [4.78, 5) is 16.0. The number of benzene rings is 1. The van der Waals surface area contributed by atoms with Crippen LogP contribution in [-0.2, 0) is 6.54 Å². The summed E-state index contributed by atoms with van der Waals surface area (Å²) in [5, 5.41) is 12.5. The molecular weight excluding hydrogens is 240 g/mol. The van der Waals surface area contributed by atoms with Crippen molar-refractivity contribution >= 4 is 5.91 Å². The molecule has 0 aliphatic rings. The highest BCUT2D eigenvalue weighted by Gasteiger charge is 2.11. The van der Waals surface area contributed by atoms with Gasteiger partial charge < -0.3 is 10.4 Å². The minimum Gasteiger partial charge on any atom is -0.507 e. The zero-order chi connectivity index (χ0) is 13.8. The molecule has 0 aliphatic heterocycles. The van der Waals surface area contributed by atoms with Crippen molar-refractivity contribution in [1.29, 1.82) is 0 Å². The molecule has 4 heteroatoms. The van der Waals surface area contributed by atoms with Gasteiger partial charge in [-0.15, -0.1) is 0 Å². The topological polar surface area (TPSA) is 62.2 Å². The van der Waals surface area contributed by atoms with Gasteiger partial charge in [0.25, 0.3) is 5.91 Å². The minimum atomic E-state index is -0.291. The number of carbonyl (C=O) groups is 1. The maximum atomic E-state index is 12.0. The van der Waals surface area contributed by atoms with Crippen LogP contribution >= 0.6 is 0 Å². The smallest absolute Gasteiger partial charge is 0.255 e. The lowest BCUT2D eigenvalue weighted by Crippen LogP contribution is -2.23. The second kappa shape index (κ2) is 5.52. The van der Waals surface area contributed by atoms with Gasteiger partial charge in [-0.3, -0.25) is 9.78 Å². The third kappa shape index (κ3) is 3.10. The highest BCUT2D eigenvalue weighted by Crippen LogP contribution is 2.18. The van der Waals surface area contributed by atoms with Crippen molar-refractivity contribution in [2.24, 2.45) is 0 Å². The van der Waals surface area contributed by atoms with Crippen molar-refractivity contribution in [2.75, 3.05) is 0 Å². The quantitative estimate of drug-likeness (QED) is 0.886. The van der Waals surface area contributed by atoms with E-state index in [1.165, 1.54) is 0 Å². The van der Waals surface area contributed by atoms with Crippen LogP contribution in [0.4, 0.5) is 0 Å². The van der Waals surface area contributed by atoms with Gasteiger partial charge in [0, 0.05) is 18.9 Å². The summed E-state index contributed by atoms with van der Waals surface area (Å²) < 4.78 is 0. The lowest BCUT2D eigenvalue weighted by Gasteiger charge is -2.09. The molecule has 0 unspecified atom stereocenters. The number of phenols is 1. The lowest BCUT2D eigenvalue weighted by molar-refractivity contribution is 0.0948. The van der Waals surface area contributed by atoms with E-state index in [1.807, 2.05) is 19.9 Å². The van der Waals surface area contributed by atoms with Gasteiger partial charge in [-0.05, 0) is 48.7 Å². The number of rotatable bonds is 3. The van der Waals surface area contributed by atoms with Crippen LogP contribution in [0.25, 0.3) is 0 Å². The van der Waals surface area contributed by atoms with Crippen LogP contribution in [0.5, 0.6) is 5.75 Å². The molecule has 1 aromatic heterocycles. The maximum Gasteiger partial charge on any atom is 0.255 e. The molecule has 1 amide bonds. The number of hydrogen-bond acceptors (Lipinski definition) is 3. The van der Waals surface area contributed by atoms with E-state index in [0.717, 1.165) is 16.7 Å². The van der Waals surface area contributed by atoms with Crippen LogP contribution in [-0.4, -0.2) is 16.0 Å². The fourth-order valence-electron chi connectivity index (χ4n) is 1.79. The number of nitrogens with zero attached hydrogens (tertiary/aromatic N) is 1. The summed E-state index contributed by atoms with van der Waals surface area (Å²) in [7, 11) is 0. The van der Waals surface area contributed by atoms with E-state index >= 15 is 0 Å². The van der Waals surface area contributed by atoms with Crippen molar-refractivity contribution in [2.45, 2.75) is 20.4 Å². The third-order valence-corrected chi connectivity index (χ3v) is 2.98. The number of phenolic OH excluding ortho intramolecular Hbond substituents is 1. The first-order chi connectivity index (χ1) is 9.08. The van der Waals surface area contributed by atoms with Crippen LogP contribution in [0.3, 0.4) is 0 Å². The number of amides is 1. The Morgan fingerprint density at radius 3 is 2.79 bits per heavy atom. The molecule has 0 fully saturated rings. The van der Waals surface area contributed by atoms with Gasteiger partial charge in [0.2, 0.25) is 0 Å². The van der Waals surface area contributed by atoms with Crippen molar-refractivity contribution in [1.82, 2.24) is 10.3 Å². The van der Waals surface area contributed by atoms with Crippen LogP contribution in [0.1, 0.15) is 27.0 Å². The number of hydrogen-bond donors (Lipinski definition) is 2. The highest BCUT2D eigenvalue weighted by molar-refractivity contribution is 5.96. The summed E-state index contributed by atoms with van der Waals surface area (Å²) in [6.07, 6.45) is 3.44. The van der Waals surface area contributed by atoms with Crippen LogP contribution in [0.15, 0.2) is 36.7 Å². The SMILES string of the molecule is Cc1ccc(C(=O)NCc2cnccc2C)c(O)c1. The molecule has 0 atom stereocenters. The summed E-state index contributed by atoms with van der Waals surface area (Å²) >= 11 is 0. The number of pyridine rings is 1. The molecule has 1 heterocycles. The average molecular weight is 256 g/mol. The normalized spacial score (nSPS) is 10.2. The van der Waals surface area contributed by atoms with Gasteiger partial charge >= 0.3 is 0 Å². The summed E-state index contributed by atoms with van der Waals surface area (Å²) in [6.45, 7) is 4.22. The Bertz CT molecular complexity index is 609. The second-order valence-electron chi connectivity index (χ2n) is 4.51. The number of aromatic hydroxyl groups is 1. The van der Waals surface area contributed by atoms with Crippen molar-refractivity contribution in [3.63, 3.8) is 0 Å². The van der Waals surface area contributed by atoms with E-state index in [9.17, 15) is 9.90 Å². The average Bonchev–Trinajstić information content (AvgIpc) is 2.37. The van der Waals surface area contributed by atoms with Gasteiger partial charge in [-0.2, -0.15) is 0 Å². The molecule has 0 bridgehead atoms. The molecule has 0 radical (unpaired) electrons. The first-order valence-corrected chi connectivity index (χ1v) is 6.05.